The third kappa shape index (κ3) is 8.79. The van der Waals surface area contributed by atoms with Crippen LogP contribution >= 0.6 is 0 Å². The Morgan fingerprint density at radius 3 is 0.508 bits per heavy atom. The molecule has 5 heteroatoms. The van der Waals surface area contributed by atoms with Crippen molar-refractivity contribution in [3.8, 4) is 0 Å². The molecule has 3 nitrogen and oxygen atoms in total. The Balaban J connectivity index is 0.00000484. The first-order valence-electron chi connectivity index (χ1n) is 19.6. The van der Waals surface area contributed by atoms with E-state index in [2.05, 4.69) is 269 Å². The SMILES string of the molecule is [Br-].c1ccc(N(c2ccccc2)c2ccc([Se+](c3ccc(N(c4ccccc4)c4ccccc4)cc3)c3ccc(N(c4ccccc4)c4ccccc4)cc3)cc2)cc1. The molecule has 0 fully saturated rings. The molecule has 0 aromatic heterocycles. The van der Waals surface area contributed by atoms with E-state index in [1.54, 1.807) is 0 Å². The van der Waals surface area contributed by atoms with Crippen molar-refractivity contribution < 1.29 is 17.0 Å². The molecule has 0 spiro atoms. The molecule has 9 aromatic rings. The van der Waals surface area contributed by atoms with Crippen LogP contribution in [-0.4, -0.2) is 13.9 Å². The average molecular weight is 892 g/mol. The molecule has 0 atom stereocenters. The number of rotatable bonds is 12. The number of anilines is 9. The van der Waals surface area contributed by atoms with Crippen molar-refractivity contribution in [1.29, 1.82) is 0 Å². The van der Waals surface area contributed by atoms with Crippen LogP contribution in [0.5, 0.6) is 0 Å². The summed E-state index contributed by atoms with van der Waals surface area (Å²) in [5, 5.41) is 0. The molecule has 0 unspecified atom stereocenters. The zero-order chi connectivity index (χ0) is 38.9. The van der Waals surface area contributed by atoms with Gasteiger partial charge in [0.1, 0.15) is 0 Å². The Labute approximate surface area is 362 Å². The third-order valence-corrected chi connectivity index (χ3v) is 14.8. The van der Waals surface area contributed by atoms with Gasteiger partial charge in [-0.15, -0.1) is 0 Å². The summed E-state index contributed by atoms with van der Waals surface area (Å²) in [6, 6.07) is 91.5. The van der Waals surface area contributed by atoms with E-state index >= 15 is 0 Å². The zero-order valence-electron chi connectivity index (χ0n) is 32.4. The Bertz CT molecular complexity index is 2210. The molecule has 59 heavy (non-hydrogen) atoms. The topological polar surface area (TPSA) is 9.72 Å². The Morgan fingerprint density at radius 2 is 0.339 bits per heavy atom. The van der Waals surface area contributed by atoms with Gasteiger partial charge in [0.05, 0.1) is 0 Å². The monoisotopic (exact) mass is 891 g/mol. The van der Waals surface area contributed by atoms with E-state index in [1.165, 1.54) is 13.4 Å². The Hall–Kier alpha value is -6.62. The molecule has 286 valence electrons. The van der Waals surface area contributed by atoms with Gasteiger partial charge in [-0.05, 0) is 0 Å². The first-order valence-corrected chi connectivity index (χ1v) is 22.1. The summed E-state index contributed by atoms with van der Waals surface area (Å²) in [4.78, 5) is 6.98. The number of hydrogen-bond acceptors (Lipinski definition) is 3. The van der Waals surface area contributed by atoms with Gasteiger partial charge in [-0.25, -0.2) is 0 Å². The maximum absolute atomic E-state index is 2.35. The minimum atomic E-state index is -1.77. The van der Waals surface area contributed by atoms with Crippen LogP contribution in [0.3, 0.4) is 0 Å². The molecule has 0 bridgehead atoms. The maximum atomic E-state index is 2.35. The second kappa shape index (κ2) is 18.8. The molecule has 0 aliphatic carbocycles. The Kier molecular flexibility index (Phi) is 12.5. The van der Waals surface area contributed by atoms with Gasteiger partial charge >= 0.3 is 348 Å². The fourth-order valence-corrected chi connectivity index (χ4v) is 11.7. The quantitative estimate of drug-likeness (QED) is 0.113. The fraction of sp³-hybridized carbons (Fsp3) is 0. The molecule has 0 aliphatic heterocycles. The van der Waals surface area contributed by atoms with Crippen molar-refractivity contribution in [1.82, 2.24) is 0 Å². The molecule has 0 amide bonds. The predicted octanol–water partition coefficient (Wildman–Crippen LogP) is 9.62. The van der Waals surface area contributed by atoms with Gasteiger partial charge in [-0.1, -0.05) is 0 Å². The zero-order valence-corrected chi connectivity index (χ0v) is 35.7. The van der Waals surface area contributed by atoms with Crippen molar-refractivity contribution in [2.75, 3.05) is 14.7 Å². The van der Waals surface area contributed by atoms with E-state index in [-0.39, 0.29) is 17.0 Å². The molecule has 0 radical (unpaired) electrons. The standard InChI is InChI=1S/C54H42N3Se.BrH/c1-7-19-43(20-8-1)55(44-21-9-2-10-22-44)49-31-37-52(38-32-49)58(53-39-33-50(34-40-53)56(45-23-11-3-12-24-45)46-25-13-4-14-26-46)54-41-35-51(36-42-54)57(47-27-15-5-16-28-47)48-29-17-6-18-30-48;/h1-42H;1H/q+1;/p-1. The van der Waals surface area contributed by atoms with Crippen LogP contribution in [0.25, 0.3) is 0 Å². The van der Waals surface area contributed by atoms with Gasteiger partial charge in [0, 0.05) is 0 Å². The summed E-state index contributed by atoms with van der Waals surface area (Å²) in [5.74, 6) is 0. The summed E-state index contributed by atoms with van der Waals surface area (Å²) < 4.78 is 4.03. The van der Waals surface area contributed by atoms with Crippen LogP contribution in [0.4, 0.5) is 51.2 Å². The van der Waals surface area contributed by atoms with Gasteiger partial charge in [0.25, 0.3) is 0 Å². The molecule has 0 aliphatic rings. The van der Waals surface area contributed by atoms with Gasteiger partial charge in [0.15, 0.2) is 0 Å². The van der Waals surface area contributed by atoms with E-state index in [1.807, 2.05) is 0 Å². The summed E-state index contributed by atoms with van der Waals surface area (Å²) >= 11 is -1.77. The summed E-state index contributed by atoms with van der Waals surface area (Å²) in [6.07, 6.45) is 0. The molecular formula is C54H42BrN3Se. The predicted molar refractivity (Wildman–Crippen MR) is 248 cm³/mol. The second-order valence-electron chi connectivity index (χ2n) is 13.8. The molecule has 0 heterocycles. The van der Waals surface area contributed by atoms with Gasteiger partial charge in [-0.3, -0.25) is 0 Å². The molecule has 9 aromatic carbocycles. The summed E-state index contributed by atoms with van der Waals surface area (Å²) in [7, 11) is 0. The molecule has 0 saturated carbocycles. The van der Waals surface area contributed by atoms with E-state index in [0.717, 1.165) is 51.2 Å². The van der Waals surface area contributed by atoms with Gasteiger partial charge < -0.3 is 17.0 Å². The van der Waals surface area contributed by atoms with E-state index in [9.17, 15) is 0 Å². The van der Waals surface area contributed by atoms with Gasteiger partial charge in [0.2, 0.25) is 0 Å². The van der Waals surface area contributed by atoms with E-state index in [4.69, 9.17) is 0 Å². The number of benzene rings is 9. The van der Waals surface area contributed by atoms with E-state index in [0.29, 0.717) is 0 Å². The summed E-state index contributed by atoms with van der Waals surface area (Å²) in [5.41, 5.74) is 10.1. The van der Waals surface area contributed by atoms with Crippen LogP contribution in [-0.2, 0) is 0 Å². The first kappa shape index (κ1) is 39.2. The normalized spacial score (nSPS) is 10.7. The first-order chi connectivity index (χ1) is 28.8. The van der Waals surface area contributed by atoms with Gasteiger partial charge in [-0.2, -0.15) is 0 Å². The number of para-hydroxylation sites is 6. The van der Waals surface area contributed by atoms with Crippen molar-refractivity contribution in [3.63, 3.8) is 0 Å². The second-order valence-corrected chi connectivity index (χ2v) is 18.1. The van der Waals surface area contributed by atoms with Crippen LogP contribution in [0.2, 0.25) is 0 Å². The molecular weight excluding hydrogens is 849 g/mol. The van der Waals surface area contributed by atoms with Crippen molar-refractivity contribution in [2.45, 2.75) is 0 Å². The van der Waals surface area contributed by atoms with Crippen LogP contribution in [0.1, 0.15) is 0 Å². The van der Waals surface area contributed by atoms with Crippen molar-refractivity contribution in [2.24, 2.45) is 0 Å². The minimum absolute atomic E-state index is 0. The number of nitrogens with zero attached hydrogens (tertiary/aromatic N) is 3. The van der Waals surface area contributed by atoms with Crippen LogP contribution in [0, 0.1) is 0 Å². The average Bonchev–Trinajstić information content (AvgIpc) is 3.30. The van der Waals surface area contributed by atoms with Crippen molar-refractivity contribution >= 4 is 78.5 Å². The number of hydrogen-bond donors (Lipinski definition) is 0. The molecule has 0 N–H and O–H groups in total. The Morgan fingerprint density at radius 1 is 0.186 bits per heavy atom. The summed E-state index contributed by atoms with van der Waals surface area (Å²) in [6.45, 7) is 0. The number of halogens is 1. The van der Waals surface area contributed by atoms with Crippen molar-refractivity contribution in [3.05, 3.63) is 255 Å². The third-order valence-electron chi connectivity index (χ3n) is 10.1. The fourth-order valence-electron chi connectivity index (χ4n) is 7.41. The van der Waals surface area contributed by atoms with Crippen LogP contribution < -0.4 is 45.1 Å². The molecule has 0 saturated heterocycles. The molecule has 9 rings (SSSR count). The van der Waals surface area contributed by atoms with Crippen LogP contribution in [0.15, 0.2) is 255 Å². The van der Waals surface area contributed by atoms with E-state index < -0.39 is 13.9 Å².